The molecule has 1 saturated heterocycles. The average molecular weight is 346 g/mol. The van der Waals surface area contributed by atoms with Crippen molar-refractivity contribution in [2.45, 2.75) is 0 Å². The van der Waals surface area contributed by atoms with Gasteiger partial charge in [-0.05, 0) is 24.3 Å². The summed E-state index contributed by atoms with van der Waals surface area (Å²) in [5.74, 6) is -0.969. The van der Waals surface area contributed by atoms with Crippen LogP contribution in [0.5, 0.6) is 5.75 Å². The molecule has 25 heavy (non-hydrogen) atoms. The van der Waals surface area contributed by atoms with Gasteiger partial charge in [0.1, 0.15) is 24.0 Å². The smallest absolute Gasteiger partial charge is 0.254 e. The summed E-state index contributed by atoms with van der Waals surface area (Å²) in [6.45, 7) is 3.83. The molecule has 4 nitrogen and oxygen atoms in total. The molecule has 0 unspecified atom stereocenters. The molecule has 1 aliphatic rings. The Bertz CT molecular complexity index is 696. The van der Waals surface area contributed by atoms with Crippen molar-refractivity contribution >= 4 is 5.91 Å². The molecule has 0 aliphatic carbocycles. The van der Waals surface area contributed by atoms with Crippen molar-refractivity contribution < 1.29 is 18.3 Å². The molecule has 0 aromatic heterocycles. The first-order chi connectivity index (χ1) is 12.1. The first kappa shape index (κ1) is 17.4. The molecule has 0 atom stereocenters. The van der Waals surface area contributed by atoms with E-state index < -0.39 is 11.6 Å². The zero-order valence-electron chi connectivity index (χ0n) is 13.8. The van der Waals surface area contributed by atoms with Crippen LogP contribution < -0.4 is 4.74 Å². The van der Waals surface area contributed by atoms with Crippen molar-refractivity contribution in [3.05, 3.63) is 65.7 Å². The molecular weight excluding hydrogens is 326 g/mol. The summed E-state index contributed by atoms with van der Waals surface area (Å²) in [6, 6.07) is 12.5. The largest absolute Gasteiger partial charge is 0.492 e. The van der Waals surface area contributed by atoms with E-state index in [-0.39, 0.29) is 11.5 Å². The number of para-hydroxylation sites is 1. The predicted octanol–water partition coefficient (Wildman–Crippen LogP) is 2.80. The van der Waals surface area contributed by atoms with Crippen LogP contribution >= 0.6 is 0 Å². The van der Waals surface area contributed by atoms with Gasteiger partial charge in [-0.25, -0.2) is 8.78 Å². The van der Waals surface area contributed by atoms with Gasteiger partial charge in [-0.15, -0.1) is 0 Å². The Morgan fingerprint density at radius 2 is 1.60 bits per heavy atom. The van der Waals surface area contributed by atoms with E-state index in [0.29, 0.717) is 32.8 Å². The molecule has 1 amide bonds. The number of hydrogen-bond donors (Lipinski definition) is 0. The SMILES string of the molecule is O=C(c1cc(F)cc(F)c1)N1CCN(CCOc2ccccc2)CC1. The number of carbonyl (C=O) groups excluding carboxylic acids is 1. The van der Waals surface area contributed by atoms with Gasteiger partial charge in [-0.2, -0.15) is 0 Å². The first-order valence-electron chi connectivity index (χ1n) is 8.27. The Balaban J connectivity index is 1.46. The van der Waals surface area contributed by atoms with E-state index in [9.17, 15) is 13.6 Å². The minimum atomic E-state index is -0.736. The van der Waals surface area contributed by atoms with Crippen LogP contribution in [-0.4, -0.2) is 55.0 Å². The Kier molecular flexibility index (Phi) is 5.60. The van der Waals surface area contributed by atoms with Crippen LogP contribution in [-0.2, 0) is 0 Å². The summed E-state index contributed by atoms with van der Waals surface area (Å²) in [7, 11) is 0. The number of halogens is 2. The van der Waals surface area contributed by atoms with E-state index >= 15 is 0 Å². The lowest BCUT2D eigenvalue weighted by molar-refractivity contribution is 0.0619. The lowest BCUT2D eigenvalue weighted by Gasteiger charge is -2.34. The molecule has 1 aliphatic heterocycles. The Labute approximate surface area is 145 Å². The molecule has 3 rings (SSSR count). The zero-order chi connectivity index (χ0) is 17.6. The second-order valence-corrected chi connectivity index (χ2v) is 5.95. The highest BCUT2D eigenvalue weighted by Gasteiger charge is 2.22. The maximum absolute atomic E-state index is 13.3. The third-order valence-corrected chi connectivity index (χ3v) is 4.19. The lowest BCUT2D eigenvalue weighted by atomic mass is 10.1. The van der Waals surface area contributed by atoms with Gasteiger partial charge < -0.3 is 9.64 Å². The predicted molar refractivity (Wildman–Crippen MR) is 90.6 cm³/mol. The number of carbonyl (C=O) groups is 1. The highest BCUT2D eigenvalue weighted by molar-refractivity contribution is 5.94. The fourth-order valence-electron chi connectivity index (χ4n) is 2.84. The molecular formula is C19H20F2N2O2. The maximum Gasteiger partial charge on any atom is 0.254 e. The van der Waals surface area contributed by atoms with Gasteiger partial charge in [-0.1, -0.05) is 18.2 Å². The van der Waals surface area contributed by atoms with Gasteiger partial charge >= 0.3 is 0 Å². The van der Waals surface area contributed by atoms with Gasteiger partial charge in [-0.3, -0.25) is 9.69 Å². The molecule has 1 heterocycles. The number of ether oxygens (including phenoxy) is 1. The Hall–Kier alpha value is -2.47. The van der Waals surface area contributed by atoms with Crippen LogP contribution in [0.4, 0.5) is 8.78 Å². The molecule has 6 heteroatoms. The zero-order valence-corrected chi connectivity index (χ0v) is 13.8. The second-order valence-electron chi connectivity index (χ2n) is 5.95. The third kappa shape index (κ3) is 4.76. The van der Waals surface area contributed by atoms with Crippen molar-refractivity contribution in [2.75, 3.05) is 39.3 Å². The van der Waals surface area contributed by atoms with Crippen molar-refractivity contribution in [2.24, 2.45) is 0 Å². The second kappa shape index (κ2) is 8.07. The summed E-state index contributed by atoms with van der Waals surface area (Å²) in [5.41, 5.74) is 0.0540. The molecule has 2 aromatic carbocycles. The van der Waals surface area contributed by atoms with E-state index in [4.69, 9.17) is 4.74 Å². The molecule has 0 spiro atoms. The monoisotopic (exact) mass is 346 g/mol. The molecule has 132 valence electrons. The van der Waals surface area contributed by atoms with E-state index in [1.54, 1.807) is 4.90 Å². The number of hydrogen-bond acceptors (Lipinski definition) is 3. The standard InChI is InChI=1S/C19H20F2N2O2/c20-16-12-15(13-17(21)14-16)19(24)23-8-6-22(7-9-23)10-11-25-18-4-2-1-3-5-18/h1-5,12-14H,6-11H2. The summed E-state index contributed by atoms with van der Waals surface area (Å²) in [6.07, 6.45) is 0. The molecule has 2 aromatic rings. The van der Waals surface area contributed by atoms with Crippen LogP contribution in [0.15, 0.2) is 48.5 Å². The van der Waals surface area contributed by atoms with Crippen LogP contribution in [0.1, 0.15) is 10.4 Å². The van der Waals surface area contributed by atoms with Crippen molar-refractivity contribution in [3.63, 3.8) is 0 Å². The summed E-state index contributed by atoms with van der Waals surface area (Å²) in [5, 5.41) is 0. The topological polar surface area (TPSA) is 32.8 Å². The fraction of sp³-hybridized carbons (Fsp3) is 0.316. The molecule has 1 fully saturated rings. The number of benzene rings is 2. The molecule has 0 N–H and O–H groups in total. The van der Waals surface area contributed by atoms with Gasteiger partial charge in [0.05, 0.1) is 0 Å². The summed E-state index contributed by atoms with van der Waals surface area (Å²) >= 11 is 0. The van der Waals surface area contributed by atoms with E-state index in [1.807, 2.05) is 30.3 Å². The van der Waals surface area contributed by atoms with E-state index in [0.717, 1.165) is 30.5 Å². The number of amides is 1. The van der Waals surface area contributed by atoms with Crippen molar-refractivity contribution in [1.29, 1.82) is 0 Å². The van der Waals surface area contributed by atoms with Crippen molar-refractivity contribution in [1.82, 2.24) is 9.80 Å². The van der Waals surface area contributed by atoms with E-state index in [1.165, 1.54) is 0 Å². The van der Waals surface area contributed by atoms with Gasteiger partial charge in [0, 0.05) is 44.4 Å². The third-order valence-electron chi connectivity index (χ3n) is 4.19. The van der Waals surface area contributed by atoms with Gasteiger partial charge in [0.25, 0.3) is 5.91 Å². The Morgan fingerprint density at radius 3 is 2.24 bits per heavy atom. The van der Waals surface area contributed by atoms with Gasteiger partial charge in [0.2, 0.25) is 0 Å². The maximum atomic E-state index is 13.3. The van der Waals surface area contributed by atoms with Crippen molar-refractivity contribution in [3.8, 4) is 5.75 Å². The summed E-state index contributed by atoms with van der Waals surface area (Å²) < 4.78 is 32.2. The minimum Gasteiger partial charge on any atom is -0.492 e. The normalized spacial score (nSPS) is 15.2. The molecule has 0 saturated carbocycles. The van der Waals surface area contributed by atoms with Crippen LogP contribution in [0.25, 0.3) is 0 Å². The number of rotatable bonds is 5. The highest BCUT2D eigenvalue weighted by atomic mass is 19.1. The van der Waals surface area contributed by atoms with Crippen LogP contribution in [0.3, 0.4) is 0 Å². The highest BCUT2D eigenvalue weighted by Crippen LogP contribution is 2.13. The Morgan fingerprint density at radius 1 is 0.960 bits per heavy atom. The van der Waals surface area contributed by atoms with Gasteiger partial charge in [0.15, 0.2) is 0 Å². The minimum absolute atomic E-state index is 0.0540. The van der Waals surface area contributed by atoms with Crippen LogP contribution in [0, 0.1) is 11.6 Å². The summed E-state index contributed by atoms with van der Waals surface area (Å²) in [4.78, 5) is 16.2. The first-order valence-corrected chi connectivity index (χ1v) is 8.27. The average Bonchev–Trinajstić information content (AvgIpc) is 2.62. The fourth-order valence-corrected chi connectivity index (χ4v) is 2.84. The molecule has 0 bridgehead atoms. The van der Waals surface area contributed by atoms with Crippen LogP contribution in [0.2, 0.25) is 0 Å². The number of nitrogens with zero attached hydrogens (tertiary/aromatic N) is 2. The number of piperazine rings is 1. The molecule has 0 radical (unpaired) electrons. The quantitative estimate of drug-likeness (QED) is 0.835. The lowest BCUT2D eigenvalue weighted by Crippen LogP contribution is -2.49. The van der Waals surface area contributed by atoms with E-state index in [2.05, 4.69) is 4.90 Å².